The number of nitrogens with zero attached hydrogens (tertiary/aromatic N) is 2. The van der Waals surface area contributed by atoms with E-state index in [1.54, 1.807) is 0 Å². The van der Waals surface area contributed by atoms with Crippen LogP contribution in [0.25, 0.3) is 0 Å². The normalized spacial score (nSPS) is 17.8. The number of aromatic nitrogens is 1. The number of hydrogen-bond acceptors (Lipinski definition) is 5. The van der Waals surface area contributed by atoms with Crippen molar-refractivity contribution in [2.45, 2.75) is 25.7 Å². The van der Waals surface area contributed by atoms with E-state index in [1.807, 2.05) is 0 Å². The summed E-state index contributed by atoms with van der Waals surface area (Å²) in [4.78, 5) is 25.1. The zero-order chi connectivity index (χ0) is 15.0. The smallest absolute Gasteiger partial charge is 0.342 e. The highest BCUT2D eigenvalue weighted by atomic mass is 16.6. The van der Waals surface area contributed by atoms with Crippen molar-refractivity contribution in [1.82, 2.24) is 4.98 Å². The Bertz CT molecular complexity index is 570. The van der Waals surface area contributed by atoms with Crippen LogP contribution in [0, 0.1) is 27.9 Å². The summed E-state index contributed by atoms with van der Waals surface area (Å²) < 4.78 is 0. The van der Waals surface area contributed by atoms with Gasteiger partial charge < -0.3 is 10.4 Å². The van der Waals surface area contributed by atoms with E-state index in [1.165, 1.54) is 31.7 Å². The van der Waals surface area contributed by atoms with Gasteiger partial charge in [0, 0.05) is 12.6 Å². The number of carbonyl (C=O) groups is 1. The van der Waals surface area contributed by atoms with Crippen molar-refractivity contribution in [1.29, 1.82) is 0 Å². The van der Waals surface area contributed by atoms with Crippen LogP contribution in [-0.4, -0.2) is 27.5 Å². The number of carboxylic acid groups (broad SMARTS) is 1. The monoisotopic (exact) mass is 291 g/mol. The second-order valence-corrected chi connectivity index (χ2v) is 5.87. The van der Waals surface area contributed by atoms with Crippen molar-refractivity contribution in [3.05, 3.63) is 27.9 Å². The van der Waals surface area contributed by atoms with Crippen LogP contribution in [0.2, 0.25) is 0 Å². The Labute approximate surface area is 121 Å². The van der Waals surface area contributed by atoms with Gasteiger partial charge in [0.15, 0.2) is 0 Å². The predicted molar refractivity (Wildman–Crippen MR) is 75.3 cm³/mol. The van der Waals surface area contributed by atoms with Crippen molar-refractivity contribution in [2.24, 2.45) is 17.8 Å². The first-order valence-corrected chi connectivity index (χ1v) is 7.18. The van der Waals surface area contributed by atoms with Gasteiger partial charge in [-0.25, -0.2) is 9.78 Å². The molecule has 0 saturated heterocycles. The lowest BCUT2D eigenvalue weighted by Gasteiger charge is -2.16. The molecule has 2 aliphatic rings. The number of hydrogen-bond donors (Lipinski definition) is 2. The lowest BCUT2D eigenvalue weighted by atomic mass is 9.98. The Morgan fingerprint density at radius 2 is 2.05 bits per heavy atom. The highest BCUT2D eigenvalue weighted by Crippen LogP contribution is 2.49. The molecule has 2 aliphatic carbocycles. The molecule has 0 radical (unpaired) electrons. The first-order chi connectivity index (χ1) is 10.1. The fourth-order valence-corrected chi connectivity index (χ4v) is 2.85. The van der Waals surface area contributed by atoms with Gasteiger partial charge in [-0.1, -0.05) is 0 Å². The van der Waals surface area contributed by atoms with Crippen LogP contribution in [0.1, 0.15) is 36.0 Å². The summed E-state index contributed by atoms with van der Waals surface area (Å²) in [6, 6.07) is 1.25. The molecule has 2 saturated carbocycles. The highest BCUT2D eigenvalue weighted by Gasteiger charge is 2.41. The number of nitro groups is 1. The Balaban J connectivity index is 1.71. The largest absolute Gasteiger partial charge is 0.477 e. The second kappa shape index (κ2) is 5.31. The van der Waals surface area contributed by atoms with Crippen molar-refractivity contribution in [3.8, 4) is 0 Å². The third-order valence-corrected chi connectivity index (χ3v) is 4.28. The number of aromatic carboxylic acids is 1. The number of carboxylic acids is 1. The molecule has 21 heavy (non-hydrogen) atoms. The SMILES string of the molecule is O=C(O)c1cc(NCC(C2CC2)C2CC2)ncc1[N+](=O)[O-]. The summed E-state index contributed by atoms with van der Waals surface area (Å²) in [5, 5.41) is 23.0. The number of rotatable bonds is 7. The van der Waals surface area contributed by atoms with Crippen LogP contribution < -0.4 is 5.32 Å². The van der Waals surface area contributed by atoms with E-state index in [0.29, 0.717) is 11.7 Å². The van der Waals surface area contributed by atoms with Gasteiger partial charge in [0.1, 0.15) is 17.6 Å². The van der Waals surface area contributed by atoms with E-state index in [0.717, 1.165) is 24.6 Å². The van der Waals surface area contributed by atoms with Crippen LogP contribution in [0.3, 0.4) is 0 Å². The van der Waals surface area contributed by atoms with Crippen LogP contribution >= 0.6 is 0 Å². The molecular formula is C14H17N3O4. The fraction of sp³-hybridized carbons (Fsp3) is 0.571. The minimum atomic E-state index is -1.31. The maximum atomic E-state index is 11.1. The molecular weight excluding hydrogens is 274 g/mol. The van der Waals surface area contributed by atoms with E-state index in [9.17, 15) is 14.9 Å². The Kier molecular flexibility index (Phi) is 3.48. The van der Waals surface area contributed by atoms with Gasteiger partial charge >= 0.3 is 11.7 Å². The summed E-state index contributed by atoms with van der Waals surface area (Å²) in [5.41, 5.74) is -0.805. The highest BCUT2D eigenvalue weighted by molar-refractivity contribution is 5.93. The number of anilines is 1. The van der Waals surface area contributed by atoms with Gasteiger partial charge in [0.05, 0.1) is 4.92 Å². The molecule has 0 unspecified atom stereocenters. The molecule has 0 amide bonds. The molecule has 0 spiro atoms. The lowest BCUT2D eigenvalue weighted by molar-refractivity contribution is -0.385. The molecule has 1 heterocycles. The van der Waals surface area contributed by atoms with E-state index in [4.69, 9.17) is 5.11 Å². The first-order valence-electron chi connectivity index (χ1n) is 7.18. The minimum absolute atomic E-state index is 0.327. The maximum absolute atomic E-state index is 11.1. The summed E-state index contributed by atoms with van der Waals surface area (Å²) in [6.07, 6.45) is 6.11. The lowest BCUT2D eigenvalue weighted by Crippen LogP contribution is -2.19. The molecule has 1 aromatic heterocycles. The molecule has 2 N–H and O–H groups in total. The molecule has 0 aliphatic heterocycles. The molecule has 7 heteroatoms. The fourth-order valence-electron chi connectivity index (χ4n) is 2.85. The van der Waals surface area contributed by atoms with E-state index >= 15 is 0 Å². The summed E-state index contributed by atoms with van der Waals surface area (Å²) in [7, 11) is 0. The molecule has 7 nitrogen and oxygen atoms in total. The predicted octanol–water partition coefficient (Wildman–Crippen LogP) is 2.54. The quantitative estimate of drug-likeness (QED) is 0.590. The third kappa shape index (κ3) is 3.12. The Morgan fingerprint density at radius 1 is 1.43 bits per heavy atom. The minimum Gasteiger partial charge on any atom is -0.477 e. The standard InChI is InChI=1S/C14H17N3O4/c18-14(19)10-5-13(16-7-12(10)17(20)21)15-6-11(8-1-2-8)9-3-4-9/h5,7-9,11H,1-4,6H2,(H,15,16)(H,18,19). The van der Waals surface area contributed by atoms with Crippen molar-refractivity contribution in [3.63, 3.8) is 0 Å². The molecule has 3 rings (SSSR count). The maximum Gasteiger partial charge on any atom is 0.342 e. The van der Waals surface area contributed by atoms with Gasteiger partial charge in [0.25, 0.3) is 0 Å². The van der Waals surface area contributed by atoms with Crippen LogP contribution in [0.4, 0.5) is 11.5 Å². The molecule has 0 atom stereocenters. The molecule has 1 aromatic rings. The molecule has 112 valence electrons. The van der Waals surface area contributed by atoms with Gasteiger partial charge in [-0.2, -0.15) is 0 Å². The third-order valence-electron chi connectivity index (χ3n) is 4.28. The summed E-state index contributed by atoms with van der Waals surface area (Å²) >= 11 is 0. The average molecular weight is 291 g/mol. The Hall–Kier alpha value is -2.18. The average Bonchev–Trinajstić information content (AvgIpc) is 3.32. The van der Waals surface area contributed by atoms with Crippen molar-refractivity contribution < 1.29 is 14.8 Å². The summed E-state index contributed by atoms with van der Waals surface area (Å²) in [5.74, 6) is 1.26. The van der Waals surface area contributed by atoms with Crippen LogP contribution in [0.15, 0.2) is 12.3 Å². The number of pyridine rings is 1. The Morgan fingerprint density at radius 3 is 2.52 bits per heavy atom. The summed E-state index contributed by atoms with van der Waals surface area (Å²) in [6.45, 7) is 0.763. The van der Waals surface area contributed by atoms with E-state index in [2.05, 4.69) is 10.3 Å². The van der Waals surface area contributed by atoms with E-state index < -0.39 is 16.6 Å². The van der Waals surface area contributed by atoms with Crippen molar-refractivity contribution in [2.75, 3.05) is 11.9 Å². The second-order valence-electron chi connectivity index (χ2n) is 5.87. The van der Waals surface area contributed by atoms with E-state index in [-0.39, 0.29) is 5.56 Å². The van der Waals surface area contributed by atoms with Gasteiger partial charge in [-0.3, -0.25) is 10.1 Å². The van der Waals surface area contributed by atoms with Gasteiger partial charge in [0.2, 0.25) is 0 Å². The molecule has 0 bridgehead atoms. The van der Waals surface area contributed by atoms with Crippen LogP contribution in [0.5, 0.6) is 0 Å². The van der Waals surface area contributed by atoms with Gasteiger partial charge in [-0.15, -0.1) is 0 Å². The first kappa shape index (κ1) is 13.8. The molecule has 0 aromatic carbocycles. The van der Waals surface area contributed by atoms with Crippen LogP contribution in [-0.2, 0) is 0 Å². The molecule has 2 fully saturated rings. The topological polar surface area (TPSA) is 105 Å². The zero-order valence-electron chi connectivity index (χ0n) is 11.5. The van der Waals surface area contributed by atoms with Gasteiger partial charge in [-0.05, 0) is 43.4 Å². The zero-order valence-corrected chi connectivity index (χ0v) is 11.5. The number of nitrogens with one attached hydrogen (secondary N) is 1. The van der Waals surface area contributed by atoms with Crippen molar-refractivity contribution >= 4 is 17.5 Å².